The fourth-order valence-electron chi connectivity index (χ4n) is 1.71. The van der Waals surface area contributed by atoms with E-state index in [1.54, 1.807) is 11.3 Å². The number of aromatic nitrogens is 2. The highest BCUT2D eigenvalue weighted by Crippen LogP contribution is 2.27. The summed E-state index contributed by atoms with van der Waals surface area (Å²) in [6, 6.07) is 2.04. The largest absolute Gasteiger partial charge is 0.320 e. The van der Waals surface area contributed by atoms with E-state index in [-0.39, 0.29) is 6.04 Å². The van der Waals surface area contributed by atoms with Crippen LogP contribution in [0.25, 0.3) is 0 Å². The van der Waals surface area contributed by atoms with Gasteiger partial charge in [0, 0.05) is 23.2 Å². The van der Waals surface area contributed by atoms with E-state index in [9.17, 15) is 0 Å². The molecule has 0 fully saturated rings. The Balaban J connectivity index is 2.41. The molecule has 0 bridgehead atoms. The third kappa shape index (κ3) is 1.70. The molecule has 2 aromatic rings. The number of aryl methyl sites for hydroxylation is 2. The topological polar surface area (TPSA) is 43.8 Å². The van der Waals surface area contributed by atoms with Gasteiger partial charge in [0.05, 0.1) is 12.2 Å². The van der Waals surface area contributed by atoms with E-state index in [1.807, 2.05) is 24.9 Å². The molecule has 2 N–H and O–H groups in total. The predicted octanol–water partition coefficient (Wildman–Crippen LogP) is 2.15. The molecule has 0 saturated carbocycles. The lowest BCUT2D eigenvalue weighted by Gasteiger charge is -2.11. The van der Waals surface area contributed by atoms with Crippen LogP contribution in [-0.4, -0.2) is 9.78 Å². The second-order valence-electron chi connectivity index (χ2n) is 3.72. The number of nitrogens with two attached hydrogens (primary N) is 1. The SMILES string of the molecule is Cc1sccc1C(N)c1cnn(C)c1C. The number of hydrogen-bond acceptors (Lipinski definition) is 3. The van der Waals surface area contributed by atoms with Gasteiger partial charge >= 0.3 is 0 Å². The smallest absolute Gasteiger partial charge is 0.0596 e. The highest BCUT2D eigenvalue weighted by atomic mass is 32.1. The van der Waals surface area contributed by atoms with Crippen molar-refractivity contribution in [2.24, 2.45) is 12.8 Å². The summed E-state index contributed by atoms with van der Waals surface area (Å²) >= 11 is 1.73. The lowest BCUT2D eigenvalue weighted by molar-refractivity contribution is 0.734. The Morgan fingerprint density at radius 3 is 2.60 bits per heavy atom. The van der Waals surface area contributed by atoms with Crippen LogP contribution in [0.15, 0.2) is 17.6 Å². The number of nitrogens with zero attached hydrogens (tertiary/aromatic N) is 2. The van der Waals surface area contributed by atoms with E-state index in [0.717, 1.165) is 11.3 Å². The van der Waals surface area contributed by atoms with Crippen molar-refractivity contribution in [2.45, 2.75) is 19.9 Å². The Hall–Kier alpha value is -1.13. The summed E-state index contributed by atoms with van der Waals surface area (Å²) in [5.41, 5.74) is 9.68. The van der Waals surface area contributed by atoms with Gasteiger partial charge < -0.3 is 5.73 Å². The molecule has 0 amide bonds. The van der Waals surface area contributed by atoms with Crippen molar-refractivity contribution in [1.29, 1.82) is 0 Å². The van der Waals surface area contributed by atoms with Gasteiger partial charge in [0.2, 0.25) is 0 Å². The Labute approximate surface area is 93.5 Å². The molecule has 2 heterocycles. The Bertz CT molecular complexity index is 470. The van der Waals surface area contributed by atoms with Crippen LogP contribution in [0.3, 0.4) is 0 Å². The molecule has 2 aromatic heterocycles. The summed E-state index contributed by atoms with van der Waals surface area (Å²) in [6.45, 7) is 4.15. The molecule has 3 nitrogen and oxygen atoms in total. The molecule has 0 aliphatic heterocycles. The second-order valence-corrected chi connectivity index (χ2v) is 4.84. The first-order valence-electron chi connectivity index (χ1n) is 4.89. The van der Waals surface area contributed by atoms with E-state index in [2.05, 4.69) is 23.5 Å². The minimum Gasteiger partial charge on any atom is -0.320 e. The zero-order valence-corrected chi connectivity index (χ0v) is 10.0. The van der Waals surface area contributed by atoms with Crippen LogP contribution >= 0.6 is 11.3 Å². The molecular formula is C11H15N3S. The zero-order chi connectivity index (χ0) is 11.0. The van der Waals surface area contributed by atoms with Gasteiger partial charge in [-0.25, -0.2) is 0 Å². The van der Waals surface area contributed by atoms with Crippen molar-refractivity contribution in [3.8, 4) is 0 Å². The van der Waals surface area contributed by atoms with Crippen LogP contribution < -0.4 is 5.73 Å². The third-order valence-electron chi connectivity index (χ3n) is 2.84. The molecule has 0 saturated heterocycles. The Morgan fingerprint density at radius 1 is 1.40 bits per heavy atom. The van der Waals surface area contributed by atoms with Gasteiger partial charge in [-0.2, -0.15) is 5.10 Å². The van der Waals surface area contributed by atoms with E-state index in [0.29, 0.717) is 0 Å². The molecule has 1 atom stereocenters. The van der Waals surface area contributed by atoms with Gasteiger partial charge in [-0.15, -0.1) is 11.3 Å². The lowest BCUT2D eigenvalue weighted by atomic mass is 10.0. The molecule has 0 aliphatic rings. The molecule has 4 heteroatoms. The molecule has 80 valence electrons. The third-order valence-corrected chi connectivity index (χ3v) is 3.70. The van der Waals surface area contributed by atoms with E-state index in [4.69, 9.17) is 5.73 Å². The quantitative estimate of drug-likeness (QED) is 0.844. The summed E-state index contributed by atoms with van der Waals surface area (Å²) < 4.78 is 1.86. The van der Waals surface area contributed by atoms with Crippen molar-refractivity contribution >= 4 is 11.3 Å². The first-order valence-corrected chi connectivity index (χ1v) is 5.77. The van der Waals surface area contributed by atoms with Gasteiger partial charge in [-0.3, -0.25) is 4.68 Å². The van der Waals surface area contributed by atoms with Gasteiger partial charge in [-0.05, 0) is 30.9 Å². The Morgan fingerprint density at radius 2 is 2.13 bits per heavy atom. The normalized spacial score (nSPS) is 13.1. The number of rotatable bonds is 2. The minimum atomic E-state index is -0.0510. The highest BCUT2D eigenvalue weighted by Gasteiger charge is 2.16. The first kappa shape index (κ1) is 10.4. The summed E-state index contributed by atoms with van der Waals surface area (Å²) in [5.74, 6) is 0. The zero-order valence-electron chi connectivity index (χ0n) is 9.19. The van der Waals surface area contributed by atoms with Crippen LogP contribution in [0.1, 0.15) is 27.7 Å². The molecule has 0 spiro atoms. The van der Waals surface area contributed by atoms with Gasteiger partial charge in [0.1, 0.15) is 0 Å². The van der Waals surface area contributed by atoms with E-state index < -0.39 is 0 Å². The number of thiophene rings is 1. The average Bonchev–Trinajstić information content (AvgIpc) is 2.75. The van der Waals surface area contributed by atoms with Crippen molar-refractivity contribution in [1.82, 2.24) is 9.78 Å². The maximum atomic E-state index is 6.23. The second kappa shape index (κ2) is 3.79. The first-order chi connectivity index (χ1) is 7.11. The molecule has 2 rings (SSSR count). The summed E-state index contributed by atoms with van der Waals surface area (Å²) in [7, 11) is 1.94. The summed E-state index contributed by atoms with van der Waals surface area (Å²) in [4.78, 5) is 1.28. The fraction of sp³-hybridized carbons (Fsp3) is 0.364. The molecule has 0 radical (unpaired) electrons. The van der Waals surface area contributed by atoms with Crippen molar-refractivity contribution in [3.05, 3.63) is 39.3 Å². The average molecular weight is 221 g/mol. The maximum absolute atomic E-state index is 6.23. The standard InChI is InChI=1S/C11H15N3S/c1-7-10(6-13-14(7)3)11(12)9-4-5-15-8(9)2/h4-6,11H,12H2,1-3H3. The van der Waals surface area contributed by atoms with Crippen molar-refractivity contribution < 1.29 is 0 Å². The lowest BCUT2D eigenvalue weighted by Crippen LogP contribution is -2.12. The van der Waals surface area contributed by atoms with Crippen molar-refractivity contribution in [3.63, 3.8) is 0 Å². The maximum Gasteiger partial charge on any atom is 0.0596 e. The molecule has 0 aliphatic carbocycles. The van der Waals surface area contributed by atoms with Crippen LogP contribution in [-0.2, 0) is 7.05 Å². The van der Waals surface area contributed by atoms with Crippen LogP contribution in [0.5, 0.6) is 0 Å². The summed E-state index contributed by atoms with van der Waals surface area (Å²) in [5, 5.41) is 6.30. The van der Waals surface area contributed by atoms with Gasteiger partial charge in [-0.1, -0.05) is 0 Å². The highest BCUT2D eigenvalue weighted by molar-refractivity contribution is 7.10. The summed E-state index contributed by atoms with van der Waals surface area (Å²) in [6.07, 6.45) is 1.86. The number of hydrogen-bond donors (Lipinski definition) is 1. The van der Waals surface area contributed by atoms with Gasteiger partial charge in [0.15, 0.2) is 0 Å². The predicted molar refractivity (Wildman–Crippen MR) is 63.0 cm³/mol. The van der Waals surface area contributed by atoms with Crippen LogP contribution in [0, 0.1) is 13.8 Å². The fourth-order valence-corrected chi connectivity index (χ4v) is 2.46. The van der Waals surface area contributed by atoms with Gasteiger partial charge in [0.25, 0.3) is 0 Å². The van der Waals surface area contributed by atoms with Crippen LogP contribution in [0.2, 0.25) is 0 Å². The molecule has 15 heavy (non-hydrogen) atoms. The van der Waals surface area contributed by atoms with E-state index in [1.165, 1.54) is 10.4 Å². The molecule has 1 unspecified atom stereocenters. The molecule has 0 aromatic carbocycles. The van der Waals surface area contributed by atoms with E-state index >= 15 is 0 Å². The van der Waals surface area contributed by atoms with Crippen LogP contribution in [0.4, 0.5) is 0 Å². The molecular weight excluding hydrogens is 206 g/mol. The monoisotopic (exact) mass is 221 g/mol. The van der Waals surface area contributed by atoms with Crippen molar-refractivity contribution in [2.75, 3.05) is 0 Å². The Kier molecular flexibility index (Phi) is 2.63. The minimum absolute atomic E-state index is 0.0510.